The van der Waals surface area contributed by atoms with Gasteiger partial charge in [-0.1, -0.05) is 23.7 Å². The number of nitrogens with one attached hydrogen (secondary N) is 2. The molecule has 2 aromatic rings. The monoisotopic (exact) mass is 547 g/mol. The summed E-state index contributed by atoms with van der Waals surface area (Å²) in [5, 5.41) is 6.56. The molecule has 1 aliphatic rings. The number of nitrogens with zero attached hydrogens (tertiary/aromatic N) is 1. The molecule has 0 bridgehead atoms. The number of anilines is 1. The number of benzene rings is 2. The van der Waals surface area contributed by atoms with Crippen LogP contribution in [0.15, 0.2) is 36.4 Å². The van der Waals surface area contributed by atoms with E-state index in [1.165, 1.54) is 21.3 Å². The maximum atomic E-state index is 13.3. The second-order valence-corrected chi connectivity index (χ2v) is 10.6. The minimum atomic E-state index is -0.638. The molecule has 1 aliphatic carbocycles. The average molecular weight is 548 g/mol. The van der Waals surface area contributed by atoms with E-state index in [9.17, 15) is 9.59 Å². The van der Waals surface area contributed by atoms with Crippen LogP contribution in [0, 0.1) is 0 Å². The molecule has 38 heavy (non-hydrogen) atoms. The van der Waals surface area contributed by atoms with Crippen molar-refractivity contribution in [3.8, 4) is 17.2 Å². The molecule has 0 heterocycles. The Kier molecular flexibility index (Phi) is 9.96. The molecular weight excluding hydrogens is 510 g/mol. The molecule has 0 spiro atoms. The molecule has 10 heteroatoms. The fourth-order valence-electron chi connectivity index (χ4n) is 4.58. The van der Waals surface area contributed by atoms with Crippen molar-refractivity contribution in [2.75, 3.05) is 33.2 Å². The van der Waals surface area contributed by atoms with Gasteiger partial charge in [0.1, 0.15) is 5.60 Å². The third-order valence-electron chi connectivity index (χ3n) is 6.30. The summed E-state index contributed by atoms with van der Waals surface area (Å²) in [7, 11) is 4.54. The van der Waals surface area contributed by atoms with Crippen LogP contribution in [-0.2, 0) is 11.2 Å². The van der Waals surface area contributed by atoms with Gasteiger partial charge in [-0.25, -0.2) is 9.59 Å². The van der Waals surface area contributed by atoms with Crippen LogP contribution in [0.5, 0.6) is 17.2 Å². The summed E-state index contributed by atoms with van der Waals surface area (Å²) in [4.78, 5) is 28.0. The van der Waals surface area contributed by atoms with Crippen molar-refractivity contribution in [3.63, 3.8) is 0 Å². The number of methoxy groups -OCH3 is 3. The van der Waals surface area contributed by atoms with Gasteiger partial charge in [0.15, 0.2) is 11.5 Å². The van der Waals surface area contributed by atoms with E-state index in [-0.39, 0.29) is 12.1 Å². The number of rotatable bonds is 9. The predicted molar refractivity (Wildman–Crippen MR) is 148 cm³/mol. The summed E-state index contributed by atoms with van der Waals surface area (Å²) in [5.41, 5.74) is 0.907. The van der Waals surface area contributed by atoms with E-state index >= 15 is 0 Å². The normalized spacial score (nSPS) is 16.9. The molecule has 0 radical (unpaired) electrons. The van der Waals surface area contributed by atoms with Crippen molar-refractivity contribution in [3.05, 3.63) is 47.0 Å². The van der Waals surface area contributed by atoms with Crippen molar-refractivity contribution in [2.45, 2.75) is 64.1 Å². The van der Waals surface area contributed by atoms with Gasteiger partial charge >= 0.3 is 12.1 Å². The van der Waals surface area contributed by atoms with Crippen LogP contribution in [0.4, 0.5) is 15.3 Å². The molecule has 0 aliphatic heterocycles. The molecule has 3 amide bonds. The van der Waals surface area contributed by atoms with E-state index in [1.807, 2.05) is 45.0 Å². The number of hydrogen-bond acceptors (Lipinski definition) is 6. The molecular formula is C28H38ClN3O6. The average Bonchev–Trinajstić information content (AvgIpc) is 3.30. The smallest absolute Gasteiger partial charge is 0.410 e. The summed E-state index contributed by atoms with van der Waals surface area (Å²) >= 11 is 6.02. The molecule has 2 atom stereocenters. The van der Waals surface area contributed by atoms with E-state index in [0.29, 0.717) is 40.9 Å². The third kappa shape index (κ3) is 7.84. The minimum Gasteiger partial charge on any atom is -0.493 e. The van der Waals surface area contributed by atoms with Crippen LogP contribution < -0.4 is 24.8 Å². The van der Waals surface area contributed by atoms with E-state index in [1.54, 1.807) is 17.0 Å². The first-order valence-electron chi connectivity index (χ1n) is 12.7. The quantitative estimate of drug-likeness (QED) is 0.406. The molecule has 3 rings (SSSR count). The highest BCUT2D eigenvalue weighted by Crippen LogP contribution is 2.40. The number of halogens is 1. The Balaban J connectivity index is 1.74. The van der Waals surface area contributed by atoms with Crippen LogP contribution in [0.1, 0.15) is 45.6 Å². The van der Waals surface area contributed by atoms with Gasteiger partial charge in [0.05, 0.1) is 39.1 Å². The van der Waals surface area contributed by atoms with Gasteiger partial charge in [-0.2, -0.15) is 0 Å². The summed E-state index contributed by atoms with van der Waals surface area (Å²) in [6.45, 7) is 5.99. The molecule has 2 aromatic carbocycles. The number of hydrogen-bond donors (Lipinski definition) is 2. The highest BCUT2D eigenvalue weighted by Gasteiger charge is 2.37. The Hall–Kier alpha value is -3.33. The Labute approximate surface area is 229 Å². The predicted octanol–water partition coefficient (Wildman–Crippen LogP) is 5.89. The van der Waals surface area contributed by atoms with Crippen molar-refractivity contribution in [1.82, 2.24) is 10.2 Å². The molecule has 1 fully saturated rings. The van der Waals surface area contributed by atoms with Crippen LogP contribution in [0.2, 0.25) is 5.02 Å². The molecule has 2 N–H and O–H groups in total. The Morgan fingerprint density at radius 1 is 1.00 bits per heavy atom. The fraction of sp³-hybridized carbons (Fsp3) is 0.500. The van der Waals surface area contributed by atoms with E-state index in [0.717, 1.165) is 24.8 Å². The highest BCUT2D eigenvalue weighted by molar-refractivity contribution is 6.30. The lowest BCUT2D eigenvalue weighted by molar-refractivity contribution is 0.0145. The van der Waals surface area contributed by atoms with Gasteiger partial charge in [0, 0.05) is 23.7 Å². The first kappa shape index (κ1) is 29.2. The van der Waals surface area contributed by atoms with Crippen LogP contribution >= 0.6 is 11.6 Å². The topological polar surface area (TPSA) is 98.4 Å². The Morgan fingerprint density at radius 2 is 1.63 bits per heavy atom. The lowest BCUT2D eigenvalue weighted by Crippen LogP contribution is -2.53. The van der Waals surface area contributed by atoms with Gasteiger partial charge in [0.2, 0.25) is 5.75 Å². The molecule has 0 saturated heterocycles. The van der Waals surface area contributed by atoms with Gasteiger partial charge in [-0.05, 0) is 64.2 Å². The van der Waals surface area contributed by atoms with Crippen LogP contribution in [0.3, 0.4) is 0 Å². The van der Waals surface area contributed by atoms with Crippen LogP contribution in [-0.4, -0.2) is 62.6 Å². The molecule has 9 nitrogen and oxygen atoms in total. The summed E-state index contributed by atoms with van der Waals surface area (Å²) in [5.74, 6) is 1.30. The second kappa shape index (κ2) is 13.0. The van der Waals surface area contributed by atoms with Crippen molar-refractivity contribution >= 4 is 29.4 Å². The standard InChI is InChI=1S/C28H38ClN3O6/c1-28(2,3)38-27(34)32(15-14-18-10-12-19(29)13-11-18)22-9-7-8-21(22)31-26(33)30-20-16-23(35-4)25(37-6)24(17-20)36-5/h10-13,16-17,21-22H,7-9,14-15H2,1-6H3,(H2,30,31,33)/t21-,22-/m1/s1. The van der Waals surface area contributed by atoms with E-state index in [4.69, 9.17) is 30.5 Å². The lowest BCUT2D eigenvalue weighted by Gasteiger charge is -2.35. The number of amides is 3. The maximum Gasteiger partial charge on any atom is 0.410 e. The highest BCUT2D eigenvalue weighted by atomic mass is 35.5. The number of ether oxygens (including phenoxy) is 4. The zero-order valence-corrected chi connectivity index (χ0v) is 23.7. The molecule has 1 saturated carbocycles. The van der Waals surface area contributed by atoms with Crippen LogP contribution in [0.25, 0.3) is 0 Å². The van der Waals surface area contributed by atoms with Gasteiger partial charge in [-0.3, -0.25) is 0 Å². The summed E-state index contributed by atoms with van der Waals surface area (Å²) < 4.78 is 21.8. The lowest BCUT2D eigenvalue weighted by atomic mass is 10.1. The van der Waals surface area contributed by atoms with Gasteiger partial charge < -0.3 is 34.5 Å². The first-order valence-corrected chi connectivity index (χ1v) is 13.0. The molecule has 208 valence electrons. The second-order valence-electron chi connectivity index (χ2n) is 10.2. The first-order chi connectivity index (χ1) is 18.0. The molecule has 0 aromatic heterocycles. The number of urea groups is 1. The van der Waals surface area contributed by atoms with E-state index < -0.39 is 17.7 Å². The summed E-state index contributed by atoms with van der Waals surface area (Å²) in [6, 6.07) is 10.0. The van der Waals surface area contributed by atoms with Crippen molar-refractivity contribution < 1.29 is 28.5 Å². The van der Waals surface area contributed by atoms with Crippen molar-refractivity contribution in [2.24, 2.45) is 0 Å². The van der Waals surface area contributed by atoms with Gasteiger partial charge in [0.25, 0.3) is 0 Å². The zero-order chi connectivity index (χ0) is 27.9. The SMILES string of the molecule is COc1cc(NC(=O)N[C@@H]2CCC[C@H]2N(CCc2ccc(Cl)cc2)C(=O)OC(C)(C)C)cc(OC)c1OC. The summed E-state index contributed by atoms with van der Waals surface area (Å²) in [6.07, 6.45) is 2.62. The van der Waals surface area contributed by atoms with Crippen molar-refractivity contribution in [1.29, 1.82) is 0 Å². The maximum absolute atomic E-state index is 13.3. The minimum absolute atomic E-state index is 0.206. The molecule has 0 unspecified atom stereocenters. The zero-order valence-electron chi connectivity index (χ0n) is 22.9. The third-order valence-corrected chi connectivity index (χ3v) is 6.55. The Bertz CT molecular complexity index is 1080. The number of carbonyl (C=O) groups excluding carboxylic acids is 2. The van der Waals surface area contributed by atoms with Gasteiger partial charge in [-0.15, -0.1) is 0 Å². The number of carbonyl (C=O) groups is 2. The fourth-order valence-corrected chi connectivity index (χ4v) is 4.71. The Morgan fingerprint density at radius 3 is 2.18 bits per heavy atom. The van der Waals surface area contributed by atoms with E-state index in [2.05, 4.69) is 10.6 Å². The largest absolute Gasteiger partial charge is 0.493 e.